The Labute approximate surface area is 117 Å². The van der Waals surface area contributed by atoms with Crippen LogP contribution in [-0.2, 0) is 14.8 Å². The normalized spacial score (nSPS) is 23.7. The molecule has 2 rings (SSSR count). The van der Waals surface area contributed by atoms with E-state index in [-0.39, 0.29) is 28.6 Å². The summed E-state index contributed by atoms with van der Waals surface area (Å²) < 4.78 is 37.4. The van der Waals surface area contributed by atoms with E-state index < -0.39 is 16.0 Å². The molecular formula is C12H17NO6S. The Bertz CT molecular complexity index is 605. The van der Waals surface area contributed by atoms with Crippen molar-refractivity contribution in [3.8, 4) is 0 Å². The van der Waals surface area contributed by atoms with Gasteiger partial charge in [0.2, 0.25) is 15.8 Å². The Morgan fingerprint density at radius 2 is 2.20 bits per heavy atom. The third kappa shape index (κ3) is 3.20. The Hall–Kier alpha value is -1.38. The van der Waals surface area contributed by atoms with Crippen LogP contribution >= 0.6 is 0 Å². The van der Waals surface area contributed by atoms with E-state index >= 15 is 0 Å². The zero-order valence-corrected chi connectivity index (χ0v) is 12.1. The van der Waals surface area contributed by atoms with Crippen LogP contribution in [0.25, 0.3) is 0 Å². The molecule has 1 aliphatic rings. The average molecular weight is 303 g/mol. The van der Waals surface area contributed by atoms with Crippen molar-refractivity contribution in [2.24, 2.45) is 0 Å². The second kappa shape index (κ2) is 5.55. The lowest BCUT2D eigenvalue weighted by atomic mass is 10.1. The van der Waals surface area contributed by atoms with Crippen molar-refractivity contribution < 1.29 is 27.5 Å². The lowest BCUT2D eigenvalue weighted by Gasteiger charge is -2.27. The van der Waals surface area contributed by atoms with Gasteiger partial charge in [0.05, 0.1) is 6.10 Å². The quantitative estimate of drug-likeness (QED) is 0.863. The number of carboxylic acid groups (broad SMARTS) is 1. The summed E-state index contributed by atoms with van der Waals surface area (Å²) in [5.74, 6) is -1.62. The number of nitrogens with one attached hydrogen (secondary N) is 1. The molecule has 1 aliphatic heterocycles. The summed E-state index contributed by atoms with van der Waals surface area (Å²) >= 11 is 0. The smallest absolute Gasteiger partial charge is 0.371 e. The molecule has 2 unspecified atom stereocenters. The highest BCUT2D eigenvalue weighted by Crippen LogP contribution is 2.22. The maximum Gasteiger partial charge on any atom is 0.371 e. The fourth-order valence-corrected chi connectivity index (χ4v) is 3.69. The molecule has 0 bridgehead atoms. The fraction of sp³-hybridized carbons (Fsp3) is 0.583. The number of furan rings is 1. The van der Waals surface area contributed by atoms with Gasteiger partial charge in [-0.25, -0.2) is 17.9 Å². The van der Waals surface area contributed by atoms with Crippen molar-refractivity contribution in [3.63, 3.8) is 0 Å². The van der Waals surface area contributed by atoms with Gasteiger partial charge in [0.15, 0.2) is 0 Å². The minimum atomic E-state index is -3.79. The van der Waals surface area contributed by atoms with E-state index in [1.54, 1.807) is 0 Å². The van der Waals surface area contributed by atoms with E-state index in [1.807, 2.05) is 6.92 Å². The second-order valence-corrected chi connectivity index (χ2v) is 6.54. The first-order valence-corrected chi connectivity index (χ1v) is 7.75. The molecule has 112 valence electrons. The number of carboxylic acids is 1. The molecule has 8 heteroatoms. The molecule has 0 amide bonds. The molecule has 1 fully saturated rings. The molecule has 0 aromatic carbocycles. The van der Waals surface area contributed by atoms with Gasteiger partial charge in [-0.05, 0) is 26.7 Å². The minimum absolute atomic E-state index is 0.00326. The Morgan fingerprint density at radius 3 is 2.75 bits per heavy atom. The van der Waals surface area contributed by atoms with Crippen LogP contribution in [0.2, 0.25) is 0 Å². The first-order chi connectivity index (χ1) is 9.29. The Morgan fingerprint density at radius 1 is 1.50 bits per heavy atom. The average Bonchev–Trinajstić information content (AvgIpc) is 2.71. The van der Waals surface area contributed by atoms with Crippen LogP contribution in [0.15, 0.2) is 15.4 Å². The van der Waals surface area contributed by atoms with Crippen LogP contribution in [0.3, 0.4) is 0 Å². The molecule has 20 heavy (non-hydrogen) atoms. The Balaban J connectivity index is 2.19. The molecule has 1 saturated heterocycles. The zero-order chi connectivity index (χ0) is 14.9. The van der Waals surface area contributed by atoms with Gasteiger partial charge in [0.25, 0.3) is 0 Å². The monoisotopic (exact) mass is 303 g/mol. The van der Waals surface area contributed by atoms with Crippen molar-refractivity contribution in [1.82, 2.24) is 4.72 Å². The number of aromatic carboxylic acids is 1. The minimum Gasteiger partial charge on any atom is -0.475 e. The van der Waals surface area contributed by atoms with Crippen LogP contribution < -0.4 is 4.72 Å². The van der Waals surface area contributed by atoms with Crippen LogP contribution in [0.4, 0.5) is 0 Å². The zero-order valence-electron chi connectivity index (χ0n) is 11.3. The summed E-state index contributed by atoms with van der Waals surface area (Å²) in [5, 5.41) is 8.82. The highest BCUT2D eigenvalue weighted by Gasteiger charge is 2.28. The number of rotatable bonds is 4. The molecule has 0 radical (unpaired) electrons. The maximum absolute atomic E-state index is 12.3. The third-order valence-electron chi connectivity index (χ3n) is 3.18. The largest absolute Gasteiger partial charge is 0.475 e. The van der Waals surface area contributed by atoms with Crippen molar-refractivity contribution in [2.75, 3.05) is 6.61 Å². The van der Waals surface area contributed by atoms with Gasteiger partial charge in [-0.15, -0.1) is 0 Å². The summed E-state index contributed by atoms with van der Waals surface area (Å²) in [6, 6.07) is 0.814. The van der Waals surface area contributed by atoms with Gasteiger partial charge < -0.3 is 14.3 Å². The summed E-state index contributed by atoms with van der Waals surface area (Å²) in [4.78, 5) is 10.7. The predicted molar refractivity (Wildman–Crippen MR) is 69.2 cm³/mol. The molecule has 7 nitrogen and oxygen atoms in total. The van der Waals surface area contributed by atoms with Crippen molar-refractivity contribution in [3.05, 3.63) is 17.6 Å². The molecule has 2 heterocycles. The molecular weight excluding hydrogens is 286 g/mol. The van der Waals surface area contributed by atoms with Crippen LogP contribution in [-0.4, -0.2) is 38.2 Å². The van der Waals surface area contributed by atoms with Crippen LogP contribution in [0, 0.1) is 6.92 Å². The summed E-state index contributed by atoms with van der Waals surface area (Å²) in [5.41, 5.74) is 0. The van der Waals surface area contributed by atoms with Crippen molar-refractivity contribution in [2.45, 2.75) is 43.7 Å². The number of aryl methyl sites for hydroxylation is 1. The summed E-state index contributed by atoms with van der Waals surface area (Å²) in [7, 11) is -3.79. The van der Waals surface area contributed by atoms with E-state index in [0.29, 0.717) is 19.4 Å². The van der Waals surface area contributed by atoms with Crippen molar-refractivity contribution in [1.29, 1.82) is 0 Å². The van der Waals surface area contributed by atoms with Gasteiger partial charge in [-0.2, -0.15) is 0 Å². The molecule has 0 aliphatic carbocycles. The standard InChI is InChI=1S/C12H17NO6S/c1-7-5-9(3-4-18-7)13-20(16,17)11-6-10(12(14)15)19-8(11)2/h6-7,9,13H,3-5H2,1-2H3,(H,14,15). The SMILES string of the molecule is Cc1oc(C(=O)O)cc1S(=O)(=O)NC1CCOC(C)C1. The van der Waals surface area contributed by atoms with Gasteiger partial charge in [-0.3, -0.25) is 0 Å². The summed E-state index contributed by atoms with van der Waals surface area (Å²) in [6.07, 6.45) is 1.17. The van der Waals surface area contributed by atoms with Gasteiger partial charge in [-0.1, -0.05) is 0 Å². The van der Waals surface area contributed by atoms with E-state index in [0.717, 1.165) is 6.07 Å². The molecule has 1 aromatic rings. The summed E-state index contributed by atoms with van der Waals surface area (Å²) in [6.45, 7) is 3.80. The van der Waals surface area contributed by atoms with Crippen LogP contribution in [0.5, 0.6) is 0 Å². The second-order valence-electron chi connectivity index (χ2n) is 4.86. The number of sulfonamides is 1. The van der Waals surface area contributed by atoms with Gasteiger partial charge in [0.1, 0.15) is 10.7 Å². The topological polar surface area (TPSA) is 106 Å². The number of carbonyl (C=O) groups is 1. The van der Waals surface area contributed by atoms with E-state index in [2.05, 4.69) is 4.72 Å². The predicted octanol–water partition coefficient (Wildman–Crippen LogP) is 1.13. The van der Waals surface area contributed by atoms with E-state index in [4.69, 9.17) is 14.3 Å². The first-order valence-electron chi connectivity index (χ1n) is 6.27. The third-order valence-corrected chi connectivity index (χ3v) is 4.81. The molecule has 0 spiro atoms. The number of ether oxygens (including phenoxy) is 1. The lowest BCUT2D eigenvalue weighted by molar-refractivity contribution is 0.0173. The fourth-order valence-electron chi connectivity index (χ4n) is 2.23. The molecule has 2 N–H and O–H groups in total. The Kier molecular flexibility index (Phi) is 4.17. The highest BCUT2D eigenvalue weighted by molar-refractivity contribution is 7.89. The first kappa shape index (κ1) is 15.0. The van der Waals surface area contributed by atoms with E-state index in [1.165, 1.54) is 6.92 Å². The molecule has 2 atom stereocenters. The van der Waals surface area contributed by atoms with Gasteiger partial charge in [0, 0.05) is 18.7 Å². The number of hydrogen-bond acceptors (Lipinski definition) is 5. The highest BCUT2D eigenvalue weighted by atomic mass is 32.2. The van der Waals surface area contributed by atoms with E-state index in [9.17, 15) is 13.2 Å². The van der Waals surface area contributed by atoms with Crippen LogP contribution in [0.1, 0.15) is 36.1 Å². The maximum atomic E-state index is 12.3. The molecule has 1 aromatic heterocycles. The van der Waals surface area contributed by atoms with Crippen molar-refractivity contribution >= 4 is 16.0 Å². The number of hydrogen-bond donors (Lipinski definition) is 2. The van der Waals surface area contributed by atoms with Gasteiger partial charge >= 0.3 is 5.97 Å². The molecule has 0 saturated carbocycles. The lowest BCUT2D eigenvalue weighted by Crippen LogP contribution is -2.41.